The van der Waals surface area contributed by atoms with E-state index < -0.39 is 0 Å². The van der Waals surface area contributed by atoms with Crippen LogP contribution in [0.3, 0.4) is 0 Å². The van der Waals surface area contributed by atoms with Gasteiger partial charge < -0.3 is 10.3 Å². The van der Waals surface area contributed by atoms with Crippen LogP contribution in [-0.2, 0) is 0 Å². The van der Waals surface area contributed by atoms with Crippen molar-refractivity contribution in [2.24, 2.45) is 5.73 Å². The maximum absolute atomic E-state index is 12.4. The molecule has 0 amide bonds. The largest absolute Gasteiger partial charge is 0.320 e. The van der Waals surface area contributed by atoms with E-state index in [1.54, 1.807) is 0 Å². The van der Waals surface area contributed by atoms with E-state index >= 15 is 0 Å². The van der Waals surface area contributed by atoms with E-state index in [9.17, 15) is 4.79 Å². The molecule has 0 spiro atoms. The summed E-state index contributed by atoms with van der Waals surface area (Å²) in [6.07, 6.45) is 4.07. The highest BCUT2D eigenvalue weighted by Crippen LogP contribution is 2.33. The van der Waals surface area contributed by atoms with E-state index in [2.05, 4.69) is 0 Å². The van der Waals surface area contributed by atoms with Crippen molar-refractivity contribution < 1.29 is 0 Å². The molecule has 0 saturated heterocycles. The molecular weight excluding hydrogens is 236 g/mol. The molecule has 1 aliphatic carbocycles. The number of aromatic nitrogens is 1. The Kier molecular flexibility index (Phi) is 2.99. The molecule has 1 heterocycles. The van der Waals surface area contributed by atoms with Gasteiger partial charge >= 0.3 is 0 Å². The number of hydrogen-bond donors (Lipinski definition) is 1. The standard InChI is InChI=1S/C16H18N2O/c1-11-4-6-12(7-5-11)15(17)14-3-2-10-18(16(14)19)13-8-9-13/h2-7,10,13,15H,8-9,17H2,1H3. The van der Waals surface area contributed by atoms with Crippen LogP contribution in [0.2, 0.25) is 0 Å². The summed E-state index contributed by atoms with van der Waals surface area (Å²) < 4.78 is 1.82. The first kappa shape index (κ1) is 12.2. The van der Waals surface area contributed by atoms with Gasteiger partial charge in [-0.2, -0.15) is 0 Å². The highest BCUT2D eigenvalue weighted by atomic mass is 16.1. The van der Waals surface area contributed by atoms with Crippen LogP contribution in [0.15, 0.2) is 47.4 Å². The van der Waals surface area contributed by atoms with Gasteiger partial charge in [0.25, 0.3) is 5.56 Å². The molecule has 3 nitrogen and oxygen atoms in total. The lowest BCUT2D eigenvalue weighted by Gasteiger charge is -2.14. The maximum atomic E-state index is 12.4. The van der Waals surface area contributed by atoms with Gasteiger partial charge in [-0.1, -0.05) is 35.9 Å². The summed E-state index contributed by atoms with van der Waals surface area (Å²) in [6, 6.07) is 11.8. The van der Waals surface area contributed by atoms with Gasteiger partial charge in [0.15, 0.2) is 0 Å². The highest BCUT2D eigenvalue weighted by molar-refractivity contribution is 5.31. The summed E-state index contributed by atoms with van der Waals surface area (Å²) in [5.41, 5.74) is 9.15. The molecule has 0 aliphatic heterocycles. The van der Waals surface area contributed by atoms with Gasteiger partial charge in [-0.3, -0.25) is 4.79 Å². The minimum absolute atomic E-state index is 0.0538. The molecule has 1 aromatic heterocycles. The molecule has 19 heavy (non-hydrogen) atoms. The average molecular weight is 254 g/mol. The van der Waals surface area contributed by atoms with Gasteiger partial charge in [0.1, 0.15) is 0 Å². The Balaban J connectivity index is 1.99. The minimum atomic E-state index is -0.348. The molecule has 2 N–H and O–H groups in total. The number of benzene rings is 1. The maximum Gasteiger partial charge on any atom is 0.255 e. The Bertz CT molecular complexity index is 639. The van der Waals surface area contributed by atoms with Gasteiger partial charge in [0.05, 0.1) is 6.04 Å². The molecule has 0 radical (unpaired) electrons. The number of rotatable bonds is 3. The molecule has 3 rings (SSSR count). The molecule has 1 saturated carbocycles. The van der Waals surface area contributed by atoms with Crippen molar-refractivity contribution in [2.75, 3.05) is 0 Å². The summed E-state index contributed by atoms with van der Waals surface area (Å²) in [5, 5.41) is 0. The van der Waals surface area contributed by atoms with Crippen LogP contribution in [-0.4, -0.2) is 4.57 Å². The first-order valence-corrected chi connectivity index (χ1v) is 6.70. The zero-order chi connectivity index (χ0) is 13.4. The monoisotopic (exact) mass is 254 g/mol. The molecule has 0 bridgehead atoms. The lowest BCUT2D eigenvalue weighted by Crippen LogP contribution is -2.27. The Hall–Kier alpha value is -1.87. The molecule has 1 atom stereocenters. The van der Waals surface area contributed by atoms with Gasteiger partial charge in [0.2, 0.25) is 0 Å². The van der Waals surface area contributed by atoms with E-state index in [4.69, 9.17) is 5.73 Å². The fourth-order valence-corrected chi connectivity index (χ4v) is 2.36. The van der Waals surface area contributed by atoms with Crippen LogP contribution >= 0.6 is 0 Å². The number of nitrogens with two attached hydrogens (primary N) is 1. The first-order chi connectivity index (χ1) is 9.16. The number of pyridine rings is 1. The Morgan fingerprint density at radius 1 is 1.21 bits per heavy atom. The summed E-state index contributed by atoms with van der Waals surface area (Å²) in [5.74, 6) is 0. The lowest BCUT2D eigenvalue weighted by atomic mass is 10.00. The van der Waals surface area contributed by atoms with E-state index in [0.29, 0.717) is 11.6 Å². The van der Waals surface area contributed by atoms with Crippen LogP contribution in [0.25, 0.3) is 0 Å². The van der Waals surface area contributed by atoms with Gasteiger partial charge in [-0.15, -0.1) is 0 Å². The molecule has 3 heteroatoms. The van der Waals surface area contributed by atoms with Crippen molar-refractivity contribution in [3.63, 3.8) is 0 Å². The fourth-order valence-electron chi connectivity index (χ4n) is 2.36. The summed E-state index contributed by atoms with van der Waals surface area (Å²) in [6.45, 7) is 2.04. The zero-order valence-electron chi connectivity index (χ0n) is 11.0. The van der Waals surface area contributed by atoms with Crippen LogP contribution in [0.1, 0.15) is 41.6 Å². The normalized spacial score (nSPS) is 16.3. The second-order valence-corrected chi connectivity index (χ2v) is 5.30. The third-order valence-electron chi connectivity index (χ3n) is 3.72. The number of aryl methyl sites for hydroxylation is 1. The average Bonchev–Trinajstić information content (AvgIpc) is 3.23. The Morgan fingerprint density at radius 2 is 1.89 bits per heavy atom. The molecule has 1 aromatic carbocycles. The summed E-state index contributed by atoms with van der Waals surface area (Å²) >= 11 is 0. The second kappa shape index (κ2) is 4.67. The third kappa shape index (κ3) is 2.34. The Labute approximate surface area is 112 Å². The van der Waals surface area contributed by atoms with E-state index in [0.717, 1.165) is 18.4 Å². The van der Waals surface area contributed by atoms with Crippen LogP contribution in [0.4, 0.5) is 0 Å². The molecule has 2 aromatic rings. The van der Waals surface area contributed by atoms with Crippen molar-refractivity contribution >= 4 is 0 Å². The molecule has 1 unspecified atom stereocenters. The highest BCUT2D eigenvalue weighted by Gasteiger charge is 2.25. The predicted molar refractivity (Wildman–Crippen MR) is 76.2 cm³/mol. The van der Waals surface area contributed by atoms with Crippen molar-refractivity contribution in [2.45, 2.75) is 31.8 Å². The van der Waals surface area contributed by atoms with Crippen LogP contribution in [0, 0.1) is 6.92 Å². The topological polar surface area (TPSA) is 48.0 Å². The van der Waals surface area contributed by atoms with E-state index in [1.807, 2.05) is 54.1 Å². The minimum Gasteiger partial charge on any atom is -0.320 e. The summed E-state index contributed by atoms with van der Waals surface area (Å²) in [7, 11) is 0. The quantitative estimate of drug-likeness (QED) is 0.915. The zero-order valence-corrected chi connectivity index (χ0v) is 11.0. The van der Waals surface area contributed by atoms with Crippen molar-refractivity contribution in [1.82, 2.24) is 4.57 Å². The number of nitrogens with zero attached hydrogens (tertiary/aromatic N) is 1. The predicted octanol–water partition coefficient (Wildman–Crippen LogP) is 2.54. The van der Waals surface area contributed by atoms with Gasteiger partial charge in [-0.25, -0.2) is 0 Å². The lowest BCUT2D eigenvalue weighted by molar-refractivity contribution is 0.684. The second-order valence-electron chi connectivity index (χ2n) is 5.30. The number of hydrogen-bond acceptors (Lipinski definition) is 2. The van der Waals surface area contributed by atoms with Crippen molar-refractivity contribution in [3.8, 4) is 0 Å². The Morgan fingerprint density at radius 3 is 2.53 bits per heavy atom. The van der Waals surface area contributed by atoms with Crippen LogP contribution < -0.4 is 11.3 Å². The van der Waals surface area contributed by atoms with Crippen LogP contribution in [0.5, 0.6) is 0 Å². The molecule has 1 aliphatic rings. The third-order valence-corrected chi connectivity index (χ3v) is 3.72. The van der Waals surface area contributed by atoms with E-state index in [-0.39, 0.29) is 11.6 Å². The molecular formula is C16H18N2O. The van der Waals surface area contributed by atoms with Crippen molar-refractivity contribution in [1.29, 1.82) is 0 Å². The van der Waals surface area contributed by atoms with E-state index in [1.165, 1.54) is 5.56 Å². The van der Waals surface area contributed by atoms with Gasteiger partial charge in [0, 0.05) is 17.8 Å². The van der Waals surface area contributed by atoms with Crippen molar-refractivity contribution in [3.05, 3.63) is 69.6 Å². The molecule has 98 valence electrons. The first-order valence-electron chi connectivity index (χ1n) is 6.70. The molecule has 1 fully saturated rings. The summed E-state index contributed by atoms with van der Waals surface area (Å²) in [4.78, 5) is 12.4. The van der Waals surface area contributed by atoms with Gasteiger partial charge in [-0.05, 0) is 31.4 Å². The smallest absolute Gasteiger partial charge is 0.255 e. The SMILES string of the molecule is Cc1ccc(C(N)c2cccn(C3CC3)c2=O)cc1. The fraction of sp³-hybridized carbons (Fsp3) is 0.312.